The number of ketones is 1. The molecule has 0 bridgehead atoms. The predicted octanol–water partition coefficient (Wildman–Crippen LogP) is 3.64. The second kappa shape index (κ2) is 4.33. The number of benzene rings is 1. The van der Waals surface area contributed by atoms with Crippen LogP contribution in [0.15, 0.2) is 24.4 Å². The van der Waals surface area contributed by atoms with Gasteiger partial charge in [-0.1, -0.05) is 11.6 Å². The highest BCUT2D eigenvalue weighted by molar-refractivity contribution is 7.15. The standard InChI is InChI=1S/C12H7ClFNO2S/c13-11-5-15-12(18-11)10-4-8(16)7-2-1-6(14)3-9(7)17-10/h1-3,5,10H,4H2. The van der Waals surface area contributed by atoms with Crippen molar-refractivity contribution in [1.82, 2.24) is 4.98 Å². The van der Waals surface area contributed by atoms with E-state index in [1.807, 2.05) is 0 Å². The third-order valence-electron chi connectivity index (χ3n) is 2.65. The highest BCUT2D eigenvalue weighted by Crippen LogP contribution is 2.37. The van der Waals surface area contributed by atoms with Gasteiger partial charge in [0.05, 0.1) is 18.2 Å². The van der Waals surface area contributed by atoms with Crippen LogP contribution >= 0.6 is 22.9 Å². The number of hydrogen-bond acceptors (Lipinski definition) is 4. The SMILES string of the molecule is O=C1CC(c2ncc(Cl)s2)Oc2cc(F)ccc21. The van der Waals surface area contributed by atoms with Crippen molar-refractivity contribution < 1.29 is 13.9 Å². The summed E-state index contributed by atoms with van der Waals surface area (Å²) in [4.78, 5) is 16.0. The molecule has 0 saturated carbocycles. The number of carbonyl (C=O) groups is 1. The van der Waals surface area contributed by atoms with Crippen LogP contribution in [-0.4, -0.2) is 10.8 Å². The van der Waals surface area contributed by atoms with Gasteiger partial charge in [-0.15, -0.1) is 11.3 Å². The third kappa shape index (κ3) is 2.00. The van der Waals surface area contributed by atoms with Crippen molar-refractivity contribution >= 4 is 28.7 Å². The molecule has 3 nitrogen and oxygen atoms in total. The molecule has 0 N–H and O–H groups in total. The van der Waals surface area contributed by atoms with Gasteiger partial charge in [0.1, 0.15) is 20.9 Å². The summed E-state index contributed by atoms with van der Waals surface area (Å²) in [6.07, 6.45) is 1.23. The third-order valence-corrected chi connectivity index (χ3v) is 3.86. The van der Waals surface area contributed by atoms with Crippen molar-refractivity contribution in [3.05, 3.63) is 45.1 Å². The lowest BCUT2D eigenvalue weighted by Crippen LogP contribution is -2.20. The van der Waals surface area contributed by atoms with Gasteiger partial charge >= 0.3 is 0 Å². The van der Waals surface area contributed by atoms with Gasteiger partial charge in [0.15, 0.2) is 11.9 Å². The minimum atomic E-state index is -0.482. The number of hydrogen-bond donors (Lipinski definition) is 0. The van der Waals surface area contributed by atoms with Crippen molar-refractivity contribution in [2.75, 3.05) is 0 Å². The normalized spacial score (nSPS) is 18.3. The van der Waals surface area contributed by atoms with Crippen LogP contribution in [0.2, 0.25) is 4.34 Å². The molecule has 2 aromatic rings. The van der Waals surface area contributed by atoms with E-state index in [2.05, 4.69) is 4.98 Å². The lowest BCUT2D eigenvalue weighted by Gasteiger charge is -2.23. The molecule has 1 aliphatic rings. The number of thiazole rings is 1. The molecular formula is C12H7ClFNO2S. The Labute approximate surface area is 111 Å². The number of fused-ring (bicyclic) bond motifs is 1. The quantitative estimate of drug-likeness (QED) is 0.802. The molecule has 0 radical (unpaired) electrons. The van der Waals surface area contributed by atoms with Crippen LogP contribution in [0, 0.1) is 5.82 Å². The molecule has 0 spiro atoms. The molecule has 1 aromatic heterocycles. The first-order valence-electron chi connectivity index (χ1n) is 5.24. The van der Waals surface area contributed by atoms with E-state index in [0.717, 1.165) is 0 Å². The van der Waals surface area contributed by atoms with Crippen molar-refractivity contribution in [2.45, 2.75) is 12.5 Å². The van der Waals surface area contributed by atoms with Gasteiger partial charge in [0.25, 0.3) is 0 Å². The largest absolute Gasteiger partial charge is 0.482 e. The van der Waals surface area contributed by atoms with Gasteiger partial charge in [-0.2, -0.15) is 0 Å². The smallest absolute Gasteiger partial charge is 0.170 e. The fraction of sp³-hybridized carbons (Fsp3) is 0.167. The molecule has 0 aliphatic carbocycles. The molecule has 1 unspecified atom stereocenters. The number of ether oxygens (including phenoxy) is 1. The summed E-state index contributed by atoms with van der Waals surface area (Å²) in [5.41, 5.74) is 0.412. The topological polar surface area (TPSA) is 39.2 Å². The number of carbonyl (C=O) groups excluding carboxylic acids is 1. The monoisotopic (exact) mass is 283 g/mol. The van der Waals surface area contributed by atoms with E-state index in [4.69, 9.17) is 16.3 Å². The van der Waals surface area contributed by atoms with Crippen LogP contribution in [0.25, 0.3) is 0 Å². The minimum Gasteiger partial charge on any atom is -0.482 e. The number of rotatable bonds is 1. The molecule has 0 saturated heterocycles. The van der Waals surface area contributed by atoms with E-state index in [9.17, 15) is 9.18 Å². The van der Waals surface area contributed by atoms with Crippen molar-refractivity contribution in [1.29, 1.82) is 0 Å². The summed E-state index contributed by atoms with van der Waals surface area (Å²) in [5, 5.41) is 0.628. The number of halogens is 2. The number of Topliss-reactive ketones (excluding diaryl/α,β-unsaturated/α-hetero) is 1. The second-order valence-corrected chi connectivity index (χ2v) is 5.57. The van der Waals surface area contributed by atoms with Gasteiger partial charge in [-0.3, -0.25) is 4.79 Å². The molecule has 3 rings (SSSR count). The molecule has 1 aliphatic heterocycles. The summed E-state index contributed by atoms with van der Waals surface area (Å²) < 4.78 is 19.3. The van der Waals surface area contributed by atoms with Crippen molar-refractivity contribution in [2.24, 2.45) is 0 Å². The summed E-state index contributed by atoms with van der Waals surface area (Å²) in [6, 6.07) is 3.91. The Bertz CT molecular complexity index is 628. The Morgan fingerprint density at radius 3 is 3.06 bits per heavy atom. The molecule has 2 heterocycles. The predicted molar refractivity (Wildman–Crippen MR) is 65.8 cm³/mol. The zero-order chi connectivity index (χ0) is 12.7. The van der Waals surface area contributed by atoms with Crippen LogP contribution < -0.4 is 4.74 Å². The average Bonchev–Trinajstić information content (AvgIpc) is 2.75. The zero-order valence-corrected chi connectivity index (χ0v) is 10.6. The second-order valence-electron chi connectivity index (χ2n) is 3.88. The summed E-state index contributed by atoms with van der Waals surface area (Å²) in [5.74, 6) is -0.241. The average molecular weight is 284 g/mol. The highest BCUT2D eigenvalue weighted by atomic mass is 35.5. The van der Waals surface area contributed by atoms with Crippen LogP contribution in [0.1, 0.15) is 27.9 Å². The maximum atomic E-state index is 13.1. The molecule has 0 amide bonds. The highest BCUT2D eigenvalue weighted by Gasteiger charge is 2.29. The van der Waals surface area contributed by atoms with Crippen LogP contribution in [-0.2, 0) is 0 Å². The number of nitrogens with zero attached hydrogens (tertiary/aromatic N) is 1. The summed E-state index contributed by atoms with van der Waals surface area (Å²) in [6.45, 7) is 0. The molecular weight excluding hydrogens is 277 g/mol. The number of aromatic nitrogens is 1. The van der Waals surface area contributed by atoms with Crippen LogP contribution in [0.5, 0.6) is 5.75 Å². The van der Waals surface area contributed by atoms with Gasteiger partial charge in [-0.25, -0.2) is 9.37 Å². The Morgan fingerprint density at radius 1 is 1.50 bits per heavy atom. The Morgan fingerprint density at radius 2 is 2.33 bits per heavy atom. The molecule has 18 heavy (non-hydrogen) atoms. The summed E-state index contributed by atoms with van der Waals surface area (Å²) in [7, 11) is 0. The van der Waals surface area contributed by atoms with E-state index in [-0.39, 0.29) is 18.0 Å². The van der Waals surface area contributed by atoms with Crippen LogP contribution in [0.3, 0.4) is 0 Å². The van der Waals surface area contributed by atoms with E-state index in [1.165, 1.54) is 35.7 Å². The van der Waals surface area contributed by atoms with E-state index >= 15 is 0 Å². The lowest BCUT2D eigenvalue weighted by molar-refractivity contribution is 0.0849. The van der Waals surface area contributed by atoms with Gasteiger partial charge in [-0.05, 0) is 12.1 Å². The van der Waals surface area contributed by atoms with Crippen LogP contribution in [0.4, 0.5) is 4.39 Å². The first kappa shape index (κ1) is 11.6. The minimum absolute atomic E-state index is 0.0763. The van der Waals surface area contributed by atoms with E-state index in [1.54, 1.807) is 0 Å². The van der Waals surface area contributed by atoms with Crippen molar-refractivity contribution in [3.8, 4) is 5.75 Å². The zero-order valence-electron chi connectivity index (χ0n) is 9.02. The fourth-order valence-electron chi connectivity index (χ4n) is 1.85. The molecule has 0 fully saturated rings. The van der Waals surface area contributed by atoms with Crippen molar-refractivity contribution in [3.63, 3.8) is 0 Å². The maximum Gasteiger partial charge on any atom is 0.170 e. The molecule has 6 heteroatoms. The molecule has 1 atom stereocenters. The first-order chi connectivity index (χ1) is 8.63. The van der Waals surface area contributed by atoms with Gasteiger partial charge in [0.2, 0.25) is 0 Å². The first-order valence-corrected chi connectivity index (χ1v) is 6.43. The van der Waals surface area contributed by atoms with E-state index in [0.29, 0.717) is 14.9 Å². The van der Waals surface area contributed by atoms with Gasteiger partial charge in [0, 0.05) is 6.07 Å². The summed E-state index contributed by atoms with van der Waals surface area (Å²) >= 11 is 7.06. The Kier molecular flexibility index (Phi) is 2.80. The van der Waals surface area contributed by atoms with E-state index < -0.39 is 11.9 Å². The lowest BCUT2D eigenvalue weighted by atomic mass is 10.0. The Hall–Kier alpha value is -1.46. The molecule has 92 valence electrons. The van der Waals surface area contributed by atoms with Gasteiger partial charge < -0.3 is 4.74 Å². The fourth-order valence-corrected chi connectivity index (χ4v) is 2.81. The Balaban J connectivity index is 1.98. The molecule has 1 aromatic carbocycles. The maximum absolute atomic E-state index is 13.1.